The number of alkyl halides is 2. The third kappa shape index (κ3) is 3.96. The van der Waals surface area contributed by atoms with Gasteiger partial charge < -0.3 is 15.8 Å². The molecule has 82 valence electrons. The molecule has 0 aliphatic rings. The van der Waals surface area contributed by atoms with Crippen molar-refractivity contribution in [3.05, 3.63) is 22.7 Å². The molecule has 0 saturated heterocycles. The summed E-state index contributed by atoms with van der Waals surface area (Å²) in [7, 11) is 0. The van der Waals surface area contributed by atoms with Crippen LogP contribution >= 0.6 is 28.1 Å². The zero-order chi connectivity index (χ0) is 11.4. The highest BCUT2D eigenvalue weighted by molar-refractivity contribution is 9.10. The number of nitrogens with one attached hydrogen (secondary N) is 1. The molecule has 1 aromatic carbocycles. The number of halogens is 3. The van der Waals surface area contributed by atoms with Crippen molar-refractivity contribution in [1.82, 2.24) is 0 Å². The second-order valence-electron chi connectivity index (χ2n) is 2.51. The average molecular weight is 297 g/mol. The molecule has 1 rings (SSSR count). The topological polar surface area (TPSA) is 47.3 Å². The molecule has 0 saturated carbocycles. The highest BCUT2D eigenvalue weighted by Gasteiger charge is 2.10. The zero-order valence-electron chi connectivity index (χ0n) is 7.34. The molecular weight excluding hydrogens is 290 g/mol. The lowest BCUT2D eigenvalue weighted by Crippen LogP contribution is -2.19. The first-order valence-corrected chi connectivity index (χ1v) is 5.00. The fourth-order valence-electron chi connectivity index (χ4n) is 0.926. The third-order valence-electron chi connectivity index (χ3n) is 1.42. The van der Waals surface area contributed by atoms with Crippen LogP contribution in [0, 0.1) is 0 Å². The summed E-state index contributed by atoms with van der Waals surface area (Å²) in [5.74, 6) is -0.0211. The monoisotopic (exact) mass is 296 g/mol. The zero-order valence-corrected chi connectivity index (χ0v) is 9.74. The van der Waals surface area contributed by atoms with Crippen molar-refractivity contribution < 1.29 is 13.5 Å². The SMILES string of the molecule is NC(=S)Nc1ccc(Br)cc1OC(F)F. The van der Waals surface area contributed by atoms with E-state index in [9.17, 15) is 8.78 Å². The molecule has 0 radical (unpaired) electrons. The van der Waals surface area contributed by atoms with Crippen LogP contribution in [0.25, 0.3) is 0 Å². The van der Waals surface area contributed by atoms with Gasteiger partial charge in [0.1, 0.15) is 0 Å². The maximum atomic E-state index is 12.0. The van der Waals surface area contributed by atoms with Gasteiger partial charge in [-0.15, -0.1) is 0 Å². The van der Waals surface area contributed by atoms with E-state index in [4.69, 9.17) is 5.73 Å². The van der Waals surface area contributed by atoms with E-state index < -0.39 is 6.61 Å². The second-order valence-corrected chi connectivity index (χ2v) is 3.86. The first kappa shape index (κ1) is 12.1. The number of rotatable bonds is 3. The van der Waals surface area contributed by atoms with Crippen molar-refractivity contribution in [2.24, 2.45) is 5.73 Å². The van der Waals surface area contributed by atoms with Gasteiger partial charge in [-0.1, -0.05) is 15.9 Å². The molecule has 0 aromatic heterocycles. The van der Waals surface area contributed by atoms with Crippen molar-refractivity contribution in [3.63, 3.8) is 0 Å². The molecule has 0 heterocycles. The Morgan fingerprint density at radius 1 is 1.53 bits per heavy atom. The lowest BCUT2D eigenvalue weighted by Gasteiger charge is -2.11. The predicted molar refractivity (Wildman–Crippen MR) is 61.2 cm³/mol. The summed E-state index contributed by atoms with van der Waals surface area (Å²) in [5.41, 5.74) is 5.52. The Hall–Kier alpha value is -0.950. The summed E-state index contributed by atoms with van der Waals surface area (Å²) in [6.07, 6.45) is 0. The Bertz CT molecular complexity index is 376. The minimum Gasteiger partial charge on any atom is -0.433 e. The Labute approximate surface area is 98.7 Å². The van der Waals surface area contributed by atoms with Gasteiger partial charge in [0.05, 0.1) is 5.69 Å². The maximum Gasteiger partial charge on any atom is 0.387 e. The van der Waals surface area contributed by atoms with Crippen molar-refractivity contribution in [2.45, 2.75) is 6.61 Å². The van der Waals surface area contributed by atoms with Gasteiger partial charge in [-0.2, -0.15) is 8.78 Å². The largest absolute Gasteiger partial charge is 0.433 e. The molecular formula is C8H7BrF2N2OS. The van der Waals surface area contributed by atoms with Gasteiger partial charge in [-0.05, 0) is 30.4 Å². The first-order chi connectivity index (χ1) is 6.99. The molecule has 0 aliphatic heterocycles. The quantitative estimate of drug-likeness (QED) is 0.842. The fraction of sp³-hybridized carbons (Fsp3) is 0.125. The highest BCUT2D eigenvalue weighted by Crippen LogP contribution is 2.29. The normalized spacial score (nSPS) is 10.1. The molecule has 15 heavy (non-hydrogen) atoms. The molecule has 0 unspecified atom stereocenters. The summed E-state index contributed by atoms with van der Waals surface area (Å²) < 4.78 is 29.0. The van der Waals surface area contributed by atoms with Crippen LogP contribution in [0.1, 0.15) is 0 Å². The average Bonchev–Trinajstić information content (AvgIpc) is 2.08. The number of hydrogen-bond donors (Lipinski definition) is 2. The minimum atomic E-state index is -2.90. The molecule has 3 nitrogen and oxygen atoms in total. The van der Waals surface area contributed by atoms with Crippen LogP contribution in [0.2, 0.25) is 0 Å². The number of ether oxygens (including phenoxy) is 1. The lowest BCUT2D eigenvalue weighted by molar-refractivity contribution is -0.0493. The molecule has 0 bridgehead atoms. The van der Waals surface area contributed by atoms with Crippen molar-refractivity contribution in [2.75, 3.05) is 5.32 Å². The summed E-state index contributed by atoms with van der Waals surface area (Å²) >= 11 is 7.73. The van der Waals surface area contributed by atoms with E-state index in [0.29, 0.717) is 10.2 Å². The molecule has 0 aliphatic carbocycles. The second kappa shape index (κ2) is 5.22. The summed E-state index contributed by atoms with van der Waals surface area (Å²) in [6, 6.07) is 4.58. The molecule has 3 N–H and O–H groups in total. The summed E-state index contributed by atoms with van der Waals surface area (Å²) in [4.78, 5) is 0. The van der Waals surface area contributed by atoms with Crippen LogP contribution in [0.15, 0.2) is 22.7 Å². The Balaban J connectivity index is 2.97. The van der Waals surface area contributed by atoms with Crippen LogP contribution < -0.4 is 15.8 Å². The summed E-state index contributed by atoms with van der Waals surface area (Å²) in [5, 5.41) is 2.52. The van der Waals surface area contributed by atoms with E-state index in [1.54, 1.807) is 6.07 Å². The van der Waals surface area contributed by atoms with E-state index >= 15 is 0 Å². The number of anilines is 1. The summed E-state index contributed by atoms with van der Waals surface area (Å²) in [6.45, 7) is -2.90. The predicted octanol–water partition coefficient (Wildman–Crippen LogP) is 2.71. The van der Waals surface area contributed by atoms with E-state index in [2.05, 4.69) is 38.2 Å². The maximum absolute atomic E-state index is 12.0. The van der Waals surface area contributed by atoms with Crippen LogP contribution in [-0.2, 0) is 0 Å². The van der Waals surface area contributed by atoms with Gasteiger partial charge >= 0.3 is 6.61 Å². The van der Waals surface area contributed by atoms with E-state index in [-0.39, 0.29) is 10.9 Å². The molecule has 1 aromatic rings. The molecule has 0 fully saturated rings. The van der Waals surface area contributed by atoms with E-state index in [1.807, 2.05) is 0 Å². The number of hydrogen-bond acceptors (Lipinski definition) is 2. The van der Waals surface area contributed by atoms with Crippen molar-refractivity contribution in [3.8, 4) is 5.75 Å². The molecule has 7 heteroatoms. The third-order valence-corrected chi connectivity index (χ3v) is 2.01. The molecule has 0 amide bonds. The van der Waals surface area contributed by atoms with Crippen LogP contribution in [-0.4, -0.2) is 11.7 Å². The Morgan fingerprint density at radius 3 is 2.73 bits per heavy atom. The van der Waals surface area contributed by atoms with Gasteiger partial charge in [0.2, 0.25) is 0 Å². The van der Waals surface area contributed by atoms with Gasteiger partial charge in [-0.3, -0.25) is 0 Å². The van der Waals surface area contributed by atoms with Gasteiger partial charge in [0, 0.05) is 4.47 Å². The van der Waals surface area contributed by atoms with E-state index in [0.717, 1.165) is 0 Å². The van der Waals surface area contributed by atoms with Crippen molar-refractivity contribution >= 4 is 38.9 Å². The fourth-order valence-corrected chi connectivity index (χ4v) is 1.38. The minimum absolute atomic E-state index is 0.0172. The highest BCUT2D eigenvalue weighted by atomic mass is 79.9. The van der Waals surface area contributed by atoms with E-state index in [1.165, 1.54) is 12.1 Å². The number of benzene rings is 1. The van der Waals surface area contributed by atoms with Gasteiger partial charge in [0.25, 0.3) is 0 Å². The molecule has 0 spiro atoms. The Kier molecular flexibility index (Phi) is 4.22. The van der Waals surface area contributed by atoms with Crippen LogP contribution in [0.4, 0.5) is 14.5 Å². The smallest absolute Gasteiger partial charge is 0.387 e. The Morgan fingerprint density at radius 2 is 2.20 bits per heavy atom. The first-order valence-electron chi connectivity index (χ1n) is 3.80. The van der Waals surface area contributed by atoms with Crippen LogP contribution in [0.5, 0.6) is 5.75 Å². The van der Waals surface area contributed by atoms with Gasteiger partial charge in [0.15, 0.2) is 10.9 Å². The standard InChI is InChI=1S/C8H7BrF2N2OS/c9-4-1-2-5(13-8(12)15)6(3-4)14-7(10)11/h1-3,7H,(H3,12,13,15). The number of thiocarbonyl (C=S) groups is 1. The lowest BCUT2D eigenvalue weighted by atomic mass is 10.3. The molecule has 0 atom stereocenters. The number of nitrogens with two attached hydrogens (primary N) is 1. The van der Waals surface area contributed by atoms with Crippen LogP contribution in [0.3, 0.4) is 0 Å². The van der Waals surface area contributed by atoms with Crippen molar-refractivity contribution in [1.29, 1.82) is 0 Å². The van der Waals surface area contributed by atoms with Gasteiger partial charge in [-0.25, -0.2) is 0 Å².